The predicted octanol–water partition coefficient (Wildman–Crippen LogP) is 0.534. The third kappa shape index (κ3) is 4.30. The number of fused-ring (bicyclic) bond motifs is 1. The highest BCUT2D eigenvalue weighted by molar-refractivity contribution is 5.84. The highest BCUT2D eigenvalue weighted by atomic mass is 19.1. The van der Waals surface area contributed by atoms with Crippen molar-refractivity contribution in [2.75, 3.05) is 24.7 Å². The number of alkyl halides is 1. The standard InChI is InChI=1S/C19H28FN7O5/c1-8(2)11(21)16(29)32-13-10(6-30-9(3)28)31-17(19(13,4)20)27-7-24-12-14(23-5)25-18(22)26-15(12)27/h7-8,10-11,13,17H,6,21H2,1-5H3,(H3,22,23,25,26)/t10-,11?,13-,17-,19-/m1/s1. The number of hydrogen-bond acceptors (Lipinski definition) is 11. The third-order valence-corrected chi connectivity index (χ3v) is 5.29. The second-order valence-corrected chi connectivity index (χ2v) is 8.11. The van der Waals surface area contributed by atoms with Gasteiger partial charge in [-0.3, -0.25) is 14.2 Å². The summed E-state index contributed by atoms with van der Waals surface area (Å²) in [5.41, 5.74) is 9.95. The van der Waals surface area contributed by atoms with Gasteiger partial charge in [0.15, 0.2) is 35.0 Å². The molecule has 1 aliphatic rings. The van der Waals surface area contributed by atoms with Crippen LogP contribution in [0, 0.1) is 5.92 Å². The van der Waals surface area contributed by atoms with Gasteiger partial charge in [0.2, 0.25) is 5.95 Å². The van der Waals surface area contributed by atoms with Crippen molar-refractivity contribution in [1.82, 2.24) is 19.5 Å². The minimum atomic E-state index is -2.26. The molecule has 0 bridgehead atoms. The second-order valence-electron chi connectivity index (χ2n) is 8.11. The SMILES string of the molecule is CNc1nc(N)nc2c1ncn2[C@@H]1O[C@H](COC(C)=O)[C@@H](OC(=O)C(N)C(C)C)[C@@]1(C)F. The Morgan fingerprint density at radius 3 is 2.69 bits per heavy atom. The first-order valence-corrected chi connectivity index (χ1v) is 10.1. The lowest BCUT2D eigenvalue weighted by molar-refractivity contribution is -0.163. The monoisotopic (exact) mass is 453 g/mol. The Bertz CT molecular complexity index is 1010. The van der Waals surface area contributed by atoms with Gasteiger partial charge < -0.3 is 31.0 Å². The van der Waals surface area contributed by atoms with Gasteiger partial charge in [-0.15, -0.1) is 0 Å². The van der Waals surface area contributed by atoms with Crippen LogP contribution in [0.3, 0.4) is 0 Å². The second kappa shape index (κ2) is 8.82. The Balaban J connectivity index is 2.00. The summed E-state index contributed by atoms with van der Waals surface area (Å²) in [6.07, 6.45) is -2.50. The molecule has 0 amide bonds. The summed E-state index contributed by atoms with van der Waals surface area (Å²) in [4.78, 5) is 36.3. The number of rotatable bonds is 7. The first-order chi connectivity index (χ1) is 15.0. The quantitative estimate of drug-likeness (QED) is 0.500. The molecule has 32 heavy (non-hydrogen) atoms. The molecule has 3 heterocycles. The number of nitrogens with zero attached hydrogens (tertiary/aromatic N) is 4. The molecular weight excluding hydrogens is 425 g/mol. The van der Waals surface area contributed by atoms with E-state index in [0.717, 1.165) is 0 Å². The third-order valence-electron chi connectivity index (χ3n) is 5.29. The van der Waals surface area contributed by atoms with Crippen molar-refractivity contribution >= 4 is 34.9 Å². The summed E-state index contributed by atoms with van der Waals surface area (Å²) in [5.74, 6) is -1.30. The molecular formula is C19H28FN7O5. The summed E-state index contributed by atoms with van der Waals surface area (Å²) < 4.78 is 33.9. The van der Waals surface area contributed by atoms with E-state index in [1.807, 2.05) is 0 Å². The van der Waals surface area contributed by atoms with E-state index < -0.39 is 42.1 Å². The zero-order chi connectivity index (χ0) is 23.8. The van der Waals surface area contributed by atoms with Crippen molar-refractivity contribution in [3.8, 4) is 0 Å². The van der Waals surface area contributed by atoms with Gasteiger partial charge >= 0.3 is 11.9 Å². The zero-order valence-corrected chi connectivity index (χ0v) is 18.5. The van der Waals surface area contributed by atoms with Crippen molar-refractivity contribution in [2.24, 2.45) is 11.7 Å². The lowest BCUT2D eigenvalue weighted by atomic mass is 9.97. The van der Waals surface area contributed by atoms with Gasteiger partial charge in [-0.2, -0.15) is 9.97 Å². The Labute approximate surface area is 183 Å². The van der Waals surface area contributed by atoms with Gasteiger partial charge in [0.25, 0.3) is 0 Å². The summed E-state index contributed by atoms with van der Waals surface area (Å²) in [5, 5.41) is 2.85. The van der Waals surface area contributed by atoms with Crippen molar-refractivity contribution in [1.29, 1.82) is 0 Å². The number of nitrogen functional groups attached to an aromatic ring is 1. The highest BCUT2D eigenvalue weighted by Gasteiger charge is 2.58. The van der Waals surface area contributed by atoms with Crippen LogP contribution in [0.1, 0.15) is 33.9 Å². The lowest BCUT2D eigenvalue weighted by Crippen LogP contribution is -2.48. The van der Waals surface area contributed by atoms with Gasteiger partial charge in [0, 0.05) is 14.0 Å². The average Bonchev–Trinajstić information content (AvgIpc) is 3.23. The normalized spacial score (nSPS) is 26.3. The van der Waals surface area contributed by atoms with Crippen LogP contribution in [0.15, 0.2) is 6.33 Å². The molecule has 0 radical (unpaired) electrons. The zero-order valence-electron chi connectivity index (χ0n) is 18.5. The number of halogens is 1. The van der Waals surface area contributed by atoms with E-state index in [-0.39, 0.29) is 24.1 Å². The van der Waals surface area contributed by atoms with Crippen molar-refractivity contribution in [3.63, 3.8) is 0 Å². The van der Waals surface area contributed by atoms with E-state index in [4.69, 9.17) is 25.7 Å². The van der Waals surface area contributed by atoms with Crippen LogP contribution < -0.4 is 16.8 Å². The fourth-order valence-corrected chi connectivity index (χ4v) is 3.48. The van der Waals surface area contributed by atoms with Crippen LogP contribution in [-0.2, 0) is 23.8 Å². The Morgan fingerprint density at radius 2 is 2.09 bits per heavy atom. The number of nitrogens with one attached hydrogen (secondary N) is 1. The Morgan fingerprint density at radius 1 is 1.41 bits per heavy atom. The molecule has 0 aliphatic carbocycles. The number of ether oxygens (including phenoxy) is 3. The van der Waals surface area contributed by atoms with E-state index >= 15 is 4.39 Å². The smallest absolute Gasteiger partial charge is 0.323 e. The summed E-state index contributed by atoms with van der Waals surface area (Å²) in [7, 11) is 1.63. The topological polar surface area (TPSA) is 170 Å². The largest absolute Gasteiger partial charge is 0.463 e. The molecule has 1 saturated heterocycles. The number of aromatic nitrogens is 4. The van der Waals surface area contributed by atoms with Crippen LogP contribution in [-0.4, -0.2) is 69.0 Å². The van der Waals surface area contributed by atoms with Crippen molar-refractivity contribution in [2.45, 2.75) is 57.8 Å². The number of nitrogens with two attached hydrogens (primary N) is 2. The molecule has 3 rings (SSSR count). The Kier molecular flexibility index (Phi) is 6.51. The molecule has 1 fully saturated rings. The van der Waals surface area contributed by atoms with Crippen LogP contribution in [0.25, 0.3) is 11.2 Å². The molecule has 12 nitrogen and oxygen atoms in total. The average molecular weight is 453 g/mol. The molecule has 5 atom stereocenters. The predicted molar refractivity (Wildman–Crippen MR) is 112 cm³/mol. The highest BCUT2D eigenvalue weighted by Crippen LogP contribution is 2.44. The number of carbonyl (C=O) groups excluding carboxylic acids is 2. The lowest BCUT2D eigenvalue weighted by Gasteiger charge is -2.29. The van der Waals surface area contributed by atoms with Gasteiger partial charge in [-0.05, 0) is 12.8 Å². The van der Waals surface area contributed by atoms with E-state index in [0.29, 0.717) is 11.3 Å². The maximum atomic E-state index is 16.2. The molecule has 1 unspecified atom stereocenters. The fraction of sp³-hybridized carbons (Fsp3) is 0.632. The van der Waals surface area contributed by atoms with Gasteiger partial charge in [0.05, 0.1) is 6.33 Å². The molecule has 0 saturated carbocycles. The Hall–Kier alpha value is -3.06. The molecule has 2 aromatic heterocycles. The van der Waals surface area contributed by atoms with Crippen LogP contribution in [0.5, 0.6) is 0 Å². The van der Waals surface area contributed by atoms with Gasteiger partial charge in [0.1, 0.15) is 18.8 Å². The molecule has 0 spiro atoms. The molecule has 176 valence electrons. The molecule has 2 aromatic rings. The maximum Gasteiger partial charge on any atom is 0.323 e. The number of carbonyl (C=O) groups is 2. The first kappa shape index (κ1) is 23.6. The van der Waals surface area contributed by atoms with E-state index in [2.05, 4.69) is 20.3 Å². The summed E-state index contributed by atoms with van der Waals surface area (Å²) >= 11 is 0. The minimum Gasteiger partial charge on any atom is -0.463 e. The van der Waals surface area contributed by atoms with Crippen molar-refractivity contribution in [3.05, 3.63) is 6.33 Å². The molecule has 1 aliphatic heterocycles. The summed E-state index contributed by atoms with van der Waals surface area (Å²) in [6, 6.07) is -0.959. The van der Waals surface area contributed by atoms with Gasteiger partial charge in [-0.1, -0.05) is 13.8 Å². The molecule has 5 N–H and O–H groups in total. The van der Waals surface area contributed by atoms with E-state index in [9.17, 15) is 9.59 Å². The minimum absolute atomic E-state index is 0.0514. The fourth-order valence-electron chi connectivity index (χ4n) is 3.48. The molecule has 0 aromatic carbocycles. The van der Waals surface area contributed by atoms with E-state index in [1.165, 1.54) is 24.7 Å². The molecule has 13 heteroatoms. The van der Waals surface area contributed by atoms with Crippen molar-refractivity contribution < 1.29 is 28.2 Å². The van der Waals surface area contributed by atoms with Crippen LogP contribution in [0.2, 0.25) is 0 Å². The van der Waals surface area contributed by atoms with Crippen LogP contribution in [0.4, 0.5) is 16.2 Å². The number of hydrogen-bond donors (Lipinski definition) is 3. The number of imidazole rings is 1. The summed E-state index contributed by atoms with van der Waals surface area (Å²) in [6.45, 7) is 5.59. The van der Waals surface area contributed by atoms with Crippen LogP contribution >= 0.6 is 0 Å². The maximum absolute atomic E-state index is 16.2. The first-order valence-electron chi connectivity index (χ1n) is 10.1. The van der Waals surface area contributed by atoms with E-state index in [1.54, 1.807) is 20.9 Å². The van der Waals surface area contributed by atoms with Gasteiger partial charge in [-0.25, -0.2) is 9.37 Å². The number of anilines is 2. The number of esters is 2.